The number of anilines is 1. The maximum atomic E-state index is 13.6. The largest absolute Gasteiger partial charge is 0.495 e. The van der Waals surface area contributed by atoms with E-state index in [0.29, 0.717) is 44.4 Å². The number of carbonyl (C=O) groups is 3. The van der Waals surface area contributed by atoms with E-state index in [1.54, 1.807) is 36.3 Å². The molecule has 1 heterocycles. The van der Waals surface area contributed by atoms with Crippen molar-refractivity contribution in [2.45, 2.75) is 6.42 Å². The molecule has 6 nitrogen and oxygen atoms in total. The van der Waals surface area contributed by atoms with Crippen LogP contribution in [0.5, 0.6) is 5.75 Å². The van der Waals surface area contributed by atoms with Crippen LogP contribution in [0.2, 0.25) is 0 Å². The molecule has 4 aromatic rings. The molecule has 0 aromatic heterocycles. The van der Waals surface area contributed by atoms with Gasteiger partial charge in [0.15, 0.2) is 0 Å². The van der Waals surface area contributed by atoms with Gasteiger partial charge >= 0.3 is 0 Å². The Bertz CT molecular complexity index is 1450. The van der Waals surface area contributed by atoms with Crippen LogP contribution in [0.1, 0.15) is 37.5 Å². The molecule has 0 saturated heterocycles. The van der Waals surface area contributed by atoms with Crippen LogP contribution in [0.4, 0.5) is 5.69 Å². The fourth-order valence-electron chi connectivity index (χ4n) is 4.63. The number of methoxy groups -OCH3 is 1. The summed E-state index contributed by atoms with van der Waals surface area (Å²) in [4.78, 5) is 43.1. The first kappa shape index (κ1) is 23.8. The minimum atomic E-state index is -0.315. The smallest absolute Gasteiger partial charge is 0.261 e. The van der Waals surface area contributed by atoms with Gasteiger partial charge < -0.3 is 9.64 Å². The Kier molecular flexibility index (Phi) is 6.57. The Labute approximate surface area is 217 Å². The van der Waals surface area contributed by atoms with Gasteiger partial charge in [-0.2, -0.15) is 0 Å². The van der Waals surface area contributed by atoms with Gasteiger partial charge in [0, 0.05) is 34.1 Å². The van der Waals surface area contributed by atoms with Crippen molar-refractivity contribution in [2.24, 2.45) is 0 Å². The molecule has 0 radical (unpaired) electrons. The van der Waals surface area contributed by atoms with E-state index in [1.807, 2.05) is 60.7 Å². The van der Waals surface area contributed by atoms with E-state index in [1.165, 1.54) is 4.90 Å². The summed E-state index contributed by atoms with van der Waals surface area (Å²) in [5.41, 5.74) is 2.17. The molecular weight excluding hydrogens is 520 g/mol. The Balaban J connectivity index is 1.42. The first-order chi connectivity index (χ1) is 17.5. The lowest BCUT2D eigenvalue weighted by Crippen LogP contribution is -2.42. The summed E-state index contributed by atoms with van der Waals surface area (Å²) < 4.78 is 6.20. The normalized spacial score (nSPS) is 12.7. The van der Waals surface area contributed by atoms with Crippen LogP contribution in [-0.4, -0.2) is 42.8 Å². The van der Waals surface area contributed by atoms with Crippen LogP contribution < -0.4 is 9.64 Å². The molecule has 36 heavy (non-hydrogen) atoms. The topological polar surface area (TPSA) is 66.9 Å². The number of halogens is 1. The average Bonchev–Trinajstić information content (AvgIpc) is 2.91. The van der Waals surface area contributed by atoms with Crippen LogP contribution >= 0.6 is 15.9 Å². The number of hydrogen-bond donors (Lipinski definition) is 0. The highest BCUT2D eigenvalue weighted by molar-refractivity contribution is 9.10. The molecule has 0 bridgehead atoms. The second-order valence-electron chi connectivity index (χ2n) is 8.43. The third-order valence-electron chi connectivity index (χ3n) is 6.34. The Morgan fingerprint density at radius 2 is 1.50 bits per heavy atom. The van der Waals surface area contributed by atoms with Crippen LogP contribution in [0.3, 0.4) is 0 Å². The van der Waals surface area contributed by atoms with Gasteiger partial charge in [-0.3, -0.25) is 19.3 Å². The molecule has 3 amide bonds. The first-order valence-electron chi connectivity index (χ1n) is 11.6. The summed E-state index contributed by atoms with van der Waals surface area (Å²) >= 11 is 3.47. The fourth-order valence-corrected chi connectivity index (χ4v) is 5.09. The second kappa shape index (κ2) is 9.95. The summed E-state index contributed by atoms with van der Waals surface area (Å²) in [6, 6.07) is 25.5. The maximum absolute atomic E-state index is 13.6. The molecule has 0 atom stereocenters. The fraction of sp³-hybridized carbons (Fsp3) is 0.138. The molecule has 180 valence electrons. The summed E-state index contributed by atoms with van der Waals surface area (Å²) in [7, 11) is 1.56. The highest BCUT2D eigenvalue weighted by Gasteiger charge is 2.32. The van der Waals surface area contributed by atoms with Crippen molar-refractivity contribution in [3.8, 4) is 5.75 Å². The van der Waals surface area contributed by atoms with E-state index in [-0.39, 0.29) is 30.8 Å². The third kappa shape index (κ3) is 4.16. The molecule has 0 saturated carbocycles. The van der Waals surface area contributed by atoms with Crippen molar-refractivity contribution in [1.29, 1.82) is 0 Å². The number of para-hydroxylation sites is 2. The highest BCUT2D eigenvalue weighted by atomic mass is 79.9. The molecule has 0 spiro atoms. The Hall–Kier alpha value is -3.97. The van der Waals surface area contributed by atoms with Crippen LogP contribution in [0.25, 0.3) is 10.8 Å². The molecule has 0 unspecified atom stereocenters. The van der Waals surface area contributed by atoms with Gasteiger partial charge in [-0.1, -0.05) is 48.5 Å². The third-order valence-corrected chi connectivity index (χ3v) is 7.04. The van der Waals surface area contributed by atoms with E-state index in [0.717, 1.165) is 5.39 Å². The zero-order valence-electron chi connectivity index (χ0n) is 19.6. The van der Waals surface area contributed by atoms with Gasteiger partial charge in [0.05, 0.1) is 18.4 Å². The predicted octanol–water partition coefficient (Wildman–Crippen LogP) is 5.94. The SMILES string of the molecule is COc1ccccc1N(CCCN1C(=O)c2cccc3cccc(c23)C1=O)C(=O)c1ccccc1Br. The Morgan fingerprint density at radius 3 is 2.17 bits per heavy atom. The number of benzene rings is 4. The minimum Gasteiger partial charge on any atom is -0.495 e. The molecular formula is C29H23BrN2O4. The number of hydrogen-bond acceptors (Lipinski definition) is 4. The molecule has 1 aliphatic rings. The second-order valence-corrected chi connectivity index (χ2v) is 9.29. The zero-order chi connectivity index (χ0) is 25.2. The molecule has 5 rings (SSSR count). The molecule has 1 aliphatic heterocycles. The molecule has 0 N–H and O–H groups in total. The number of rotatable bonds is 7. The quantitative estimate of drug-likeness (QED) is 0.271. The van der Waals surface area contributed by atoms with Crippen molar-refractivity contribution in [1.82, 2.24) is 4.90 Å². The van der Waals surface area contributed by atoms with Crippen molar-refractivity contribution < 1.29 is 19.1 Å². The number of amides is 3. The molecule has 0 aliphatic carbocycles. The zero-order valence-corrected chi connectivity index (χ0v) is 21.2. The van der Waals surface area contributed by atoms with Crippen LogP contribution in [0, 0.1) is 0 Å². The van der Waals surface area contributed by atoms with Crippen molar-refractivity contribution >= 4 is 50.1 Å². The lowest BCUT2D eigenvalue weighted by Gasteiger charge is -2.29. The van der Waals surface area contributed by atoms with Gasteiger partial charge in [0.25, 0.3) is 17.7 Å². The number of imide groups is 1. The van der Waals surface area contributed by atoms with Crippen molar-refractivity contribution in [3.63, 3.8) is 0 Å². The molecule has 7 heteroatoms. The molecule has 0 fully saturated rings. The van der Waals surface area contributed by atoms with Gasteiger partial charge in [-0.25, -0.2) is 0 Å². The van der Waals surface area contributed by atoms with E-state index < -0.39 is 0 Å². The van der Waals surface area contributed by atoms with Crippen LogP contribution in [-0.2, 0) is 0 Å². The van der Waals surface area contributed by atoms with Crippen molar-refractivity contribution in [2.75, 3.05) is 25.1 Å². The average molecular weight is 543 g/mol. The Morgan fingerprint density at radius 1 is 0.861 bits per heavy atom. The standard InChI is InChI=1S/C29H23BrN2O4/c1-36-25-16-5-4-15-24(25)31(27(33)20-11-2-3-14-23(20)30)17-8-18-32-28(34)21-12-6-9-19-10-7-13-22(26(19)21)29(32)35/h2-7,9-16H,8,17-18H2,1H3. The summed E-state index contributed by atoms with van der Waals surface area (Å²) in [5, 5.41) is 1.57. The molecule has 4 aromatic carbocycles. The highest BCUT2D eigenvalue weighted by Crippen LogP contribution is 2.32. The number of nitrogens with zero attached hydrogens (tertiary/aromatic N) is 2. The first-order valence-corrected chi connectivity index (χ1v) is 12.4. The summed E-state index contributed by atoms with van der Waals surface area (Å²) in [6.07, 6.45) is 0.393. The van der Waals surface area contributed by atoms with Crippen molar-refractivity contribution in [3.05, 3.63) is 106 Å². The van der Waals surface area contributed by atoms with E-state index in [4.69, 9.17) is 4.74 Å². The van der Waals surface area contributed by atoms with Gasteiger partial charge in [0.2, 0.25) is 0 Å². The number of carbonyl (C=O) groups excluding carboxylic acids is 3. The number of ether oxygens (including phenoxy) is 1. The van der Waals surface area contributed by atoms with Gasteiger partial charge in [-0.15, -0.1) is 0 Å². The van der Waals surface area contributed by atoms with E-state index in [2.05, 4.69) is 15.9 Å². The summed E-state index contributed by atoms with van der Waals surface area (Å²) in [6.45, 7) is 0.459. The maximum Gasteiger partial charge on any atom is 0.261 e. The van der Waals surface area contributed by atoms with Crippen LogP contribution in [0.15, 0.2) is 89.4 Å². The van der Waals surface area contributed by atoms with Gasteiger partial charge in [-0.05, 0) is 64.1 Å². The lowest BCUT2D eigenvalue weighted by atomic mass is 9.94. The van der Waals surface area contributed by atoms with E-state index in [9.17, 15) is 14.4 Å². The monoisotopic (exact) mass is 542 g/mol. The van der Waals surface area contributed by atoms with E-state index >= 15 is 0 Å². The minimum absolute atomic E-state index is 0.178. The van der Waals surface area contributed by atoms with Gasteiger partial charge in [0.1, 0.15) is 5.75 Å². The summed E-state index contributed by atoms with van der Waals surface area (Å²) in [5.74, 6) is -0.280. The lowest BCUT2D eigenvalue weighted by molar-refractivity contribution is 0.0610. The predicted molar refractivity (Wildman–Crippen MR) is 143 cm³/mol.